The molecule has 0 saturated heterocycles. The second kappa shape index (κ2) is 9.51. The lowest BCUT2D eigenvalue weighted by Gasteiger charge is -2.21. The largest absolute Gasteiger partial charge is 0.372 e. The summed E-state index contributed by atoms with van der Waals surface area (Å²) in [6.45, 7) is 8.01. The van der Waals surface area contributed by atoms with Crippen LogP contribution in [0.3, 0.4) is 0 Å². The topological polar surface area (TPSA) is 52.7 Å². The molecule has 6 heteroatoms. The van der Waals surface area contributed by atoms with E-state index >= 15 is 0 Å². The number of anilines is 3. The molecule has 0 aliphatic carbocycles. The zero-order chi connectivity index (χ0) is 23.5. The minimum Gasteiger partial charge on any atom is -0.372 e. The van der Waals surface area contributed by atoms with E-state index in [4.69, 9.17) is 11.6 Å². The van der Waals surface area contributed by atoms with Gasteiger partial charge in [-0.3, -0.25) is 9.59 Å². The monoisotopic (exact) mass is 459 g/mol. The average molecular weight is 460 g/mol. The number of aryl methyl sites for hydroxylation is 1. The van der Waals surface area contributed by atoms with Gasteiger partial charge in [0.25, 0.3) is 11.8 Å². The van der Waals surface area contributed by atoms with Crippen LogP contribution in [0.15, 0.2) is 78.5 Å². The Kier molecular flexibility index (Phi) is 6.52. The first-order valence-corrected chi connectivity index (χ1v) is 11.4. The molecule has 4 rings (SSSR count). The van der Waals surface area contributed by atoms with E-state index < -0.39 is 0 Å². The summed E-state index contributed by atoms with van der Waals surface area (Å²) in [6, 6.07) is 22.1. The average Bonchev–Trinajstić information content (AvgIpc) is 3.06. The first-order valence-electron chi connectivity index (χ1n) is 11.0. The molecule has 0 atom stereocenters. The third-order valence-electron chi connectivity index (χ3n) is 5.77. The Morgan fingerprint density at radius 1 is 0.818 bits per heavy atom. The highest BCUT2D eigenvalue weighted by atomic mass is 35.5. The molecule has 1 N–H and O–H groups in total. The van der Waals surface area contributed by atoms with Gasteiger partial charge in [-0.15, -0.1) is 0 Å². The highest BCUT2D eigenvalue weighted by molar-refractivity contribution is 6.46. The fraction of sp³-hybridized carbons (Fsp3) is 0.185. The molecule has 1 aliphatic heterocycles. The minimum absolute atomic E-state index is 0.249. The van der Waals surface area contributed by atoms with E-state index in [9.17, 15) is 9.59 Å². The molecule has 0 saturated carbocycles. The third-order valence-corrected chi connectivity index (χ3v) is 6.03. The Bertz CT molecular complexity index is 1200. The van der Waals surface area contributed by atoms with Gasteiger partial charge in [0.15, 0.2) is 0 Å². The number of nitrogens with one attached hydrogen (secondary N) is 1. The van der Waals surface area contributed by atoms with Gasteiger partial charge in [0.1, 0.15) is 5.70 Å². The molecule has 33 heavy (non-hydrogen) atoms. The van der Waals surface area contributed by atoms with E-state index in [0.29, 0.717) is 21.8 Å². The lowest BCUT2D eigenvalue weighted by molar-refractivity contribution is -0.120. The van der Waals surface area contributed by atoms with Crippen LogP contribution in [0.25, 0.3) is 5.57 Å². The van der Waals surface area contributed by atoms with Crippen molar-refractivity contribution in [1.29, 1.82) is 0 Å². The molecule has 0 unspecified atom stereocenters. The van der Waals surface area contributed by atoms with Crippen molar-refractivity contribution < 1.29 is 9.59 Å². The van der Waals surface area contributed by atoms with Crippen molar-refractivity contribution >= 4 is 46.1 Å². The van der Waals surface area contributed by atoms with Gasteiger partial charge in [0.2, 0.25) is 0 Å². The zero-order valence-electron chi connectivity index (χ0n) is 18.9. The lowest BCUT2D eigenvalue weighted by atomic mass is 10.0. The molecular weight excluding hydrogens is 434 g/mol. The summed E-state index contributed by atoms with van der Waals surface area (Å²) in [4.78, 5) is 30.4. The summed E-state index contributed by atoms with van der Waals surface area (Å²) in [5.74, 6) is -0.755. The number of rotatable bonds is 7. The first-order chi connectivity index (χ1) is 15.9. The third kappa shape index (κ3) is 4.50. The summed E-state index contributed by atoms with van der Waals surface area (Å²) < 4.78 is 0. The van der Waals surface area contributed by atoms with E-state index in [-0.39, 0.29) is 17.5 Å². The Balaban J connectivity index is 1.73. The molecule has 3 aromatic carbocycles. The maximum absolute atomic E-state index is 13.5. The molecule has 2 amide bonds. The number of carbonyl (C=O) groups excluding carboxylic acids is 2. The van der Waals surface area contributed by atoms with Crippen molar-refractivity contribution in [2.45, 2.75) is 20.8 Å². The number of nitrogens with zero attached hydrogens (tertiary/aromatic N) is 2. The molecule has 1 heterocycles. The van der Waals surface area contributed by atoms with Gasteiger partial charge >= 0.3 is 0 Å². The van der Waals surface area contributed by atoms with Gasteiger partial charge < -0.3 is 10.2 Å². The summed E-state index contributed by atoms with van der Waals surface area (Å²) in [7, 11) is 0. The standard InChI is InChI=1S/C27H26ClN3O2/c1-4-30(5-2)22-16-12-21(13-17-22)29-25-24(19-8-10-20(28)11-9-19)26(32)31(27(25)33)23-14-6-18(3)7-15-23/h6-17,29H,4-5H2,1-3H3. The number of imide groups is 1. The summed E-state index contributed by atoms with van der Waals surface area (Å²) in [6.07, 6.45) is 0. The van der Waals surface area contributed by atoms with Crippen LogP contribution in [0.5, 0.6) is 0 Å². The SMILES string of the molecule is CCN(CC)c1ccc(NC2=C(c3ccc(Cl)cc3)C(=O)N(c3ccc(C)cc3)C2=O)cc1. The quantitative estimate of drug-likeness (QED) is 0.447. The normalized spacial score (nSPS) is 13.6. The maximum atomic E-state index is 13.5. The van der Waals surface area contributed by atoms with Crippen molar-refractivity contribution in [2.24, 2.45) is 0 Å². The highest BCUT2D eigenvalue weighted by Gasteiger charge is 2.40. The smallest absolute Gasteiger partial charge is 0.282 e. The lowest BCUT2D eigenvalue weighted by Crippen LogP contribution is -2.32. The number of carbonyl (C=O) groups is 2. The van der Waals surface area contributed by atoms with Crippen LogP contribution >= 0.6 is 11.6 Å². The van der Waals surface area contributed by atoms with Crippen LogP contribution in [0.4, 0.5) is 17.1 Å². The molecule has 5 nitrogen and oxygen atoms in total. The molecule has 0 aromatic heterocycles. The van der Waals surface area contributed by atoms with E-state index in [0.717, 1.165) is 30.0 Å². The maximum Gasteiger partial charge on any atom is 0.282 e. The van der Waals surface area contributed by atoms with Gasteiger partial charge in [-0.2, -0.15) is 0 Å². The van der Waals surface area contributed by atoms with Crippen LogP contribution in [0.1, 0.15) is 25.0 Å². The van der Waals surface area contributed by atoms with E-state index in [2.05, 4.69) is 24.1 Å². The van der Waals surface area contributed by atoms with Gasteiger partial charge in [0.05, 0.1) is 11.3 Å². The highest BCUT2D eigenvalue weighted by Crippen LogP contribution is 2.34. The Hall–Kier alpha value is -3.57. The van der Waals surface area contributed by atoms with Crippen LogP contribution in [0.2, 0.25) is 5.02 Å². The van der Waals surface area contributed by atoms with Gasteiger partial charge in [0, 0.05) is 29.5 Å². The first kappa shape index (κ1) is 22.6. The predicted octanol–water partition coefficient (Wildman–Crippen LogP) is 5.89. The van der Waals surface area contributed by atoms with Crippen LogP contribution < -0.4 is 15.1 Å². The minimum atomic E-state index is -0.387. The van der Waals surface area contributed by atoms with E-state index in [1.165, 1.54) is 4.90 Å². The Morgan fingerprint density at radius 2 is 1.42 bits per heavy atom. The van der Waals surface area contributed by atoms with Crippen LogP contribution in [-0.4, -0.2) is 24.9 Å². The molecular formula is C27H26ClN3O2. The Morgan fingerprint density at radius 3 is 2.00 bits per heavy atom. The van der Waals surface area contributed by atoms with Gasteiger partial charge in [-0.1, -0.05) is 41.4 Å². The van der Waals surface area contributed by atoms with Gasteiger partial charge in [-0.05, 0) is 74.9 Å². The van der Waals surface area contributed by atoms with Gasteiger partial charge in [-0.25, -0.2) is 4.90 Å². The number of hydrogen-bond acceptors (Lipinski definition) is 4. The number of halogens is 1. The molecule has 0 bridgehead atoms. The predicted molar refractivity (Wildman–Crippen MR) is 136 cm³/mol. The molecule has 3 aromatic rings. The summed E-state index contributed by atoms with van der Waals surface area (Å²) in [5.41, 5.74) is 4.64. The molecule has 0 spiro atoms. The van der Waals surface area contributed by atoms with E-state index in [1.54, 1.807) is 36.4 Å². The van der Waals surface area contributed by atoms with Crippen LogP contribution in [0, 0.1) is 6.92 Å². The second-order valence-corrected chi connectivity index (χ2v) is 8.32. The summed E-state index contributed by atoms with van der Waals surface area (Å²) in [5, 5.41) is 3.78. The van der Waals surface area contributed by atoms with Crippen LogP contribution in [-0.2, 0) is 9.59 Å². The van der Waals surface area contributed by atoms with Crippen molar-refractivity contribution in [3.05, 3.63) is 94.6 Å². The fourth-order valence-electron chi connectivity index (χ4n) is 3.95. The Labute approximate surface area is 199 Å². The van der Waals surface area contributed by atoms with E-state index in [1.807, 2.05) is 43.3 Å². The zero-order valence-corrected chi connectivity index (χ0v) is 19.7. The van der Waals surface area contributed by atoms with Crippen molar-refractivity contribution in [3.63, 3.8) is 0 Å². The fourth-order valence-corrected chi connectivity index (χ4v) is 4.07. The number of hydrogen-bond donors (Lipinski definition) is 1. The summed E-state index contributed by atoms with van der Waals surface area (Å²) >= 11 is 6.06. The molecule has 0 radical (unpaired) electrons. The number of amides is 2. The molecule has 0 fully saturated rings. The van der Waals surface area contributed by atoms with Crippen molar-refractivity contribution in [2.75, 3.05) is 28.2 Å². The second-order valence-electron chi connectivity index (χ2n) is 7.88. The molecule has 1 aliphatic rings. The number of benzene rings is 3. The molecule has 168 valence electrons. The van der Waals surface area contributed by atoms with Crippen molar-refractivity contribution in [3.8, 4) is 0 Å². The van der Waals surface area contributed by atoms with Crippen molar-refractivity contribution in [1.82, 2.24) is 0 Å².